The molecule has 1 aromatic rings. The van der Waals surface area contributed by atoms with Crippen LogP contribution in [0, 0.1) is 5.92 Å². The first-order chi connectivity index (χ1) is 8.57. The van der Waals surface area contributed by atoms with Crippen molar-refractivity contribution >= 4 is 0 Å². The van der Waals surface area contributed by atoms with Gasteiger partial charge in [0.25, 0.3) is 0 Å². The van der Waals surface area contributed by atoms with Crippen LogP contribution in [0.2, 0.25) is 0 Å². The van der Waals surface area contributed by atoms with Gasteiger partial charge in [0, 0.05) is 12.5 Å². The Balaban J connectivity index is 2.00. The van der Waals surface area contributed by atoms with Crippen LogP contribution in [0.1, 0.15) is 39.2 Å². The van der Waals surface area contributed by atoms with E-state index in [-0.39, 0.29) is 5.41 Å². The molecule has 1 aliphatic heterocycles. The van der Waals surface area contributed by atoms with Crippen molar-refractivity contribution in [1.29, 1.82) is 0 Å². The van der Waals surface area contributed by atoms with Gasteiger partial charge in [-0.05, 0) is 36.4 Å². The lowest BCUT2D eigenvalue weighted by atomic mass is 9.86. The number of benzene rings is 1. The average molecular weight is 247 g/mol. The summed E-state index contributed by atoms with van der Waals surface area (Å²) in [7, 11) is 0. The van der Waals surface area contributed by atoms with Gasteiger partial charge in [0.2, 0.25) is 0 Å². The molecule has 1 atom stereocenters. The molecule has 1 heterocycles. The molecule has 1 aliphatic rings. The maximum absolute atomic E-state index is 6.06. The number of nitrogens with one attached hydrogen (secondary N) is 1. The van der Waals surface area contributed by atoms with E-state index in [0.29, 0.717) is 5.92 Å². The van der Waals surface area contributed by atoms with Crippen molar-refractivity contribution in [1.82, 2.24) is 5.32 Å². The molecular formula is C16H25NO. The van der Waals surface area contributed by atoms with Crippen molar-refractivity contribution in [3.8, 4) is 5.75 Å². The molecule has 0 radical (unpaired) electrons. The van der Waals surface area contributed by atoms with Gasteiger partial charge >= 0.3 is 0 Å². The van der Waals surface area contributed by atoms with Crippen LogP contribution in [0.5, 0.6) is 5.75 Å². The van der Waals surface area contributed by atoms with Crippen molar-refractivity contribution in [2.24, 2.45) is 5.92 Å². The number of para-hydroxylation sites is 1. The predicted octanol–water partition coefficient (Wildman–Crippen LogP) is 3.36. The van der Waals surface area contributed by atoms with E-state index in [1.165, 1.54) is 18.4 Å². The summed E-state index contributed by atoms with van der Waals surface area (Å²) in [5, 5.41) is 3.44. The molecule has 1 fully saturated rings. The molecule has 2 rings (SSSR count). The summed E-state index contributed by atoms with van der Waals surface area (Å²) in [5.74, 6) is 1.71. The van der Waals surface area contributed by atoms with Crippen LogP contribution in [-0.4, -0.2) is 19.7 Å². The van der Waals surface area contributed by atoms with Crippen molar-refractivity contribution in [3.05, 3.63) is 29.8 Å². The maximum atomic E-state index is 6.06. The van der Waals surface area contributed by atoms with Gasteiger partial charge in [-0.25, -0.2) is 0 Å². The molecule has 2 nitrogen and oxygen atoms in total. The molecule has 0 aromatic heterocycles. The third-order valence-corrected chi connectivity index (χ3v) is 3.57. The Morgan fingerprint density at radius 2 is 2.06 bits per heavy atom. The highest BCUT2D eigenvalue weighted by atomic mass is 16.5. The van der Waals surface area contributed by atoms with E-state index in [1.807, 2.05) is 0 Å². The van der Waals surface area contributed by atoms with Crippen molar-refractivity contribution < 1.29 is 4.74 Å². The Morgan fingerprint density at radius 3 is 2.72 bits per heavy atom. The predicted molar refractivity (Wildman–Crippen MR) is 76.2 cm³/mol. The number of ether oxygens (including phenoxy) is 1. The van der Waals surface area contributed by atoms with E-state index in [9.17, 15) is 0 Å². The van der Waals surface area contributed by atoms with Gasteiger partial charge in [0.05, 0.1) is 6.61 Å². The largest absolute Gasteiger partial charge is 0.493 e. The Kier molecular flexibility index (Phi) is 4.28. The van der Waals surface area contributed by atoms with Gasteiger partial charge in [-0.15, -0.1) is 0 Å². The van der Waals surface area contributed by atoms with Crippen LogP contribution < -0.4 is 10.1 Å². The molecular weight excluding hydrogens is 222 g/mol. The van der Waals surface area contributed by atoms with Crippen LogP contribution in [-0.2, 0) is 5.41 Å². The number of rotatable bonds is 3. The smallest absolute Gasteiger partial charge is 0.123 e. The summed E-state index contributed by atoms with van der Waals surface area (Å²) in [5.41, 5.74) is 1.44. The molecule has 0 bridgehead atoms. The molecule has 2 heteroatoms. The minimum absolute atomic E-state index is 0.140. The standard InChI is InChI=1S/C16H25NO/c1-16(2,3)14-8-4-5-9-15(14)18-12-13-7-6-10-17-11-13/h4-5,8-9,13,17H,6-7,10-12H2,1-3H3/t13-/m1/s1. The van der Waals surface area contributed by atoms with Crippen LogP contribution in [0.15, 0.2) is 24.3 Å². The first-order valence-corrected chi connectivity index (χ1v) is 7.00. The van der Waals surface area contributed by atoms with Crippen molar-refractivity contribution in [3.63, 3.8) is 0 Å². The Morgan fingerprint density at radius 1 is 1.28 bits per heavy atom. The van der Waals surface area contributed by atoms with Gasteiger partial charge < -0.3 is 10.1 Å². The third-order valence-electron chi connectivity index (χ3n) is 3.57. The van der Waals surface area contributed by atoms with E-state index in [1.54, 1.807) is 0 Å². The van der Waals surface area contributed by atoms with Gasteiger partial charge in [-0.2, -0.15) is 0 Å². The van der Waals surface area contributed by atoms with Gasteiger partial charge in [-0.1, -0.05) is 39.0 Å². The van der Waals surface area contributed by atoms with Crippen molar-refractivity contribution in [2.45, 2.75) is 39.0 Å². The zero-order valence-electron chi connectivity index (χ0n) is 11.8. The fourth-order valence-corrected chi connectivity index (χ4v) is 2.49. The summed E-state index contributed by atoms with van der Waals surface area (Å²) < 4.78 is 6.06. The van der Waals surface area contributed by atoms with E-state index in [2.05, 4.69) is 50.4 Å². The van der Waals surface area contributed by atoms with E-state index >= 15 is 0 Å². The Labute approximate surface area is 111 Å². The fraction of sp³-hybridized carbons (Fsp3) is 0.625. The van der Waals surface area contributed by atoms with Crippen LogP contribution in [0.3, 0.4) is 0 Å². The molecule has 1 N–H and O–H groups in total. The summed E-state index contributed by atoms with van der Waals surface area (Å²) in [6.07, 6.45) is 2.56. The summed E-state index contributed by atoms with van der Waals surface area (Å²) >= 11 is 0. The normalized spacial score (nSPS) is 20.7. The summed E-state index contributed by atoms with van der Waals surface area (Å²) in [6.45, 7) is 9.79. The topological polar surface area (TPSA) is 21.3 Å². The highest BCUT2D eigenvalue weighted by Crippen LogP contribution is 2.31. The first kappa shape index (κ1) is 13.4. The summed E-state index contributed by atoms with van der Waals surface area (Å²) in [4.78, 5) is 0. The molecule has 100 valence electrons. The molecule has 18 heavy (non-hydrogen) atoms. The Bertz CT molecular complexity index is 375. The highest BCUT2D eigenvalue weighted by molar-refractivity contribution is 5.38. The van der Waals surface area contributed by atoms with Crippen molar-refractivity contribution in [2.75, 3.05) is 19.7 Å². The fourth-order valence-electron chi connectivity index (χ4n) is 2.49. The van der Waals surface area contributed by atoms with Crippen LogP contribution >= 0.6 is 0 Å². The second-order valence-corrected chi connectivity index (χ2v) is 6.27. The van der Waals surface area contributed by atoms with Gasteiger partial charge in [0.1, 0.15) is 5.75 Å². The molecule has 0 amide bonds. The lowest BCUT2D eigenvalue weighted by Crippen LogP contribution is -2.33. The minimum atomic E-state index is 0.140. The van der Waals surface area contributed by atoms with Crippen LogP contribution in [0.25, 0.3) is 0 Å². The SMILES string of the molecule is CC(C)(C)c1ccccc1OC[C@@H]1CCCNC1. The average Bonchev–Trinajstić information content (AvgIpc) is 2.37. The van der Waals surface area contributed by atoms with Gasteiger partial charge in [0.15, 0.2) is 0 Å². The molecule has 0 aliphatic carbocycles. The van der Waals surface area contributed by atoms with E-state index in [0.717, 1.165) is 25.4 Å². The van der Waals surface area contributed by atoms with E-state index < -0.39 is 0 Å². The molecule has 0 saturated carbocycles. The number of hydrogen-bond acceptors (Lipinski definition) is 2. The van der Waals surface area contributed by atoms with Crippen LogP contribution in [0.4, 0.5) is 0 Å². The highest BCUT2D eigenvalue weighted by Gasteiger charge is 2.19. The molecule has 1 aromatic carbocycles. The minimum Gasteiger partial charge on any atom is -0.493 e. The molecule has 0 unspecified atom stereocenters. The number of hydrogen-bond donors (Lipinski definition) is 1. The monoisotopic (exact) mass is 247 g/mol. The third kappa shape index (κ3) is 3.49. The summed E-state index contributed by atoms with van der Waals surface area (Å²) in [6, 6.07) is 8.42. The first-order valence-electron chi connectivity index (χ1n) is 7.00. The lowest BCUT2D eigenvalue weighted by Gasteiger charge is -2.26. The number of piperidine rings is 1. The zero-order valence-corrected chi connectivity index (χ0v) is 11.8. The zero-order chi connectivity index (χ0) is 13.0. The maximum Gasteiger partial charge on any atom is 0.123 e. The second-order valence-electron chi connectivity index (χ2n) is 6.27. The Hall–Kier alpha value is -1.02. The lowest BCUT2D eigenvalue weighted by molar-refractivity contribution is 0.215. The second kappa shape index (κ2) is 5.75. The molecule has 0 spiro atoms. The van der Waals surface area contributed by atoms with E-state index in [4.69, 9.17) is 4.74 Å². The quantitative estimate of drug-likeness (QED) is 0.884. The molecule has 1 saturated heterocycles. The van der Waals surface area contributed by atoms with Gasteiger partial charge in [-0.3, -0.25) is 0 Å².